The van der Waals surface area contributed by atoms with E-state index in [1.165, 1.54) is 25.7 Å². The summed E-state index contributed by atoms with van der Waals surface area (Å²) in [4.78, 5) is 14.6. The molecule has 104 valence electrons. The quantitative estimate of drug-likeness (QED) is 0.821. The first-order chi connectivity index (χ1) is 9.19. The van der Waals surface area contributed by atoms with Gasteiger partial charge in [-0.2, -0.15) is 5.10 Å². The Balaban J connectivity index is 1.75. The Morgan fingerprint density at radius 1 is 1.32 bits per heavy atom. The molecule has 19 heavy (non-hydrogen) atoms. The summed E-state index contributed by atoms with van der Waals surface area (Å²) in [6.07, 6.45) is 5.79. The minimum Gasteiger partial charge on any atom is -0.395 e. The van der Waals surface area contributed by atoms with Crippen molar-refractivity contribution in [2.75, 3.05) is 18.8 Å². The predicted octanol–water partition coefficient (Wildman–Crippen LogP) is 1.82. The Morgan fingerprint density at radius 2 is 1.89 bits per heavy atom. The minimum atomic E-state index is 0.00671. The molecule has 1 heterocycles. The number of nitrogens with one attached hydrogen (secondary N) is 1. The lowest BCUT2D eigenvalue weighted by atomic mass is 10.2. The zero-order chi connectivity index (χ0) is 13.4. The molecule has 0 atom stereocenters. The number of hydrogen-bond donors (Lipinski definition) is 2. The molecule has 0 unspecified atom stereocenters. The van der Waals surface area contributed by atoms with Crippen molar-refractivity contribution in [3.8, 4) is 0 Å². The van der Waals surface area contributed by atoms with Gasteiger partial charge in [-0.25, -0.2) is 0 Å². The van der Waals surface area contributed by atoms with Crippen LogP contribution < -0.4 is 5.73 Å². The molecule has 5 heteroatoms. The third-order valence-electron chi connectivity index (χ3n) is 4.08. The van der Waals surface area contributed by atoms with Crippen LogP contribution in [-0.4, -0.2) is 34.1 Å². The third-order valence-corrected chi connectivity index (χ3v) is 4.08. The first-order valence-corrected chi connectivity index (χ1v) is 7.31. The van der Waals surface area contributed by atoms with Gasteiger partial charge in [-0.15, -0.1) is 0 Å². The number of hydrogen-bond acceptors (Lipinski definition) is 3. The van der Waals surface area contributed by atoms with Crippen LogP contribution >= 0.6 is 0 Å². The number of aryl methyl sites for hydroxylation is 1. The van der Waals surface area contributed by atoms with E-state index < -0.39 is 0 Å². The van der Waals surface area contributed by atoms with Crippen LogP contribution in [0.3, 0.4) is 0 Å². The summed E-state index contributed by atoms with van der Waals surface area (Å²) in [6.45, 7) is 3.76. The van der Waals surface area contributed by atoms with Crippen LogP contribution in [-0.2, 0) is 6.42 Å². The van der Waals surface area contributed by atoms with E-state index in [0.717, 1.165) is 25.2 Å². The van der Waals surface area contributed by atoms with Crippen molar-refractivity contribution in [3.63, 3.8) is 0 Å². The van der Waals surface area contributed by atoms with Crippen LogP contribution in [0.1, 0.15) is 48.8 Å². The van der Waals surface area contributed by atoms with E-state index in [1.807, 2.05) is 11.8 Å². The first kappa shape index (κ1) is 12.5. The van der Waals surface area contributed by atoms with E-state index in [-0.39, 0.29) is 5.91 Å². The molecular weight excluding hydrogens is 240 g/mol. The molecule has 5 nitrogen and oxygen atoms in total. The highest BCUT2D eigenvalue weighted by Crippen LogP contribution is 2.34. The number of carbonyl (C=O) groups excluding carboxylic acids is 1. The fraction of sp³-hybridized carbons (Fsp3) is 0.714. The van der Waals surface area contributed by atoms with E-state index in [1.54, 1.807) is 0 Å². The fourth-order valence-electron chi connectivity index (χ4n) is 2.43. The Hall–Kier alpha value is -1.52. The molecule has 2 aliphatic rings. The summed E-state index contributed by atoms with van der Waals surface area (Å²) in [7, 11) is 0. The highest BCUT2D eigenvalue weighted by molar-refractivity contribution is 5.97. The zero-order valence-electron chi connectivity index (χ0n) is 11.5. The fourth-order valence-corrected chi connectivity index (χ4v) is 2.43. The second-order valence-electron chi connectivity index (χ2n) is 5.91. The molecule has 2 aliphatic carbocycles. The van der Waals surface area contributed by atoms with Crippen molar-refractivity contribution < 1.29 is 4.79 Å². The van der Waals surface area contributed by atoms with Gasteiger partial charge in [0.1, 0.15) is 0 Å². The molecule has 0 aromatic carbocycles. The second-order valence-corrected chi connectivity index (χ2v) is 5.91. The van der Waals surface area contributed by atoms with Gasteiger partial charge in [0.2, 0.25) is 0 Å². The van der Waals surface area contributed by atoms with Crippen LogP contribution in [0.15, 0.2) is 0 Å². The Labute approximate surface area is 113 Å². The van der Waals surface area contributed by atoms with Gasteiger partial charge in [0, 0.05) is 13.1 Å². The first-order valence-electron chi connectivity index (χ1n) is 7.31. The van der Waals surface area contributed by atoms with Crippen LogP contribution in [0.2, 0.25) is 0 Å². The highest BCUT2D eigenvalue weighted by atomic mass is 16.2. The van der Waals surface area contributed by atoms with Crippen LogP contribution in [0.5, 0.6) is 0 Å². The monoisotopic (exact) mass is 262 g/mol. The molecule has 0 radical (unpaired) electrons. The van der Waals surface area contributed by atoms with Gasteiger partial charge in [-0.1, -0.05) is 6.92 Å². The average Bonchev–Trinajstić information content (AvgIpc) is 3.30. The lowest BCUT2D eigenvalue weighted by Crippen LogP contribution is -2.35. The summed E-state index contributed by atoms with van der Waals surface area (Å²) in [6, 6.07) is 0. The molecule has 1 amide bonds. The molecular formula is C14H22N4O. The highest BCUT2D eigenvalue weighted by Gasteiger charge is 2.33. The summed E-state index contributed by atoms with van der Waals surface area (Å²) in [5.74, 6) is 1.41. The van der Waals surface area contributed by atoms with E-state index in [9.17, 15) is 4.79 Å². The van der Waals surface area contributed by atoms with Crippen LogP contribution in [0.4, 0.5) is 5.69 Å². The Morgan fingerprint density at radius 3 is 2.32 bits per heavy atom. The largest absolute Gasteiger partial charge is 0.395 e. The minimum absolute atomic E-state index is 0.00671. The number of anilines is 1. The van der Waals surface area contributed by atoms with Crippen molar-refractivity contribution in [2.24, 2.45) is 11.8 Å². The molecule has 0 aliphatic heterocycles. The molecule has 3 rings (SSSR count). The average molecular weight is 262 g/mol. The molecule has 3 N–H and O–H groups in total. The number of carbonyl (C=O) groups is 1. The van der Waals surface area contributed by atoms with Gasteiger partial charge in [0.25, 0.3) is 5.91 Å². The van der Waals surface area contributed by atoms with Crippen molar-refractivity contribution in [3.05, 3.63) is 11.4 Å². The summed E-state index contributed by atoms with van der Waals surface area (Å²) in [5, 5.41) is 7.00. The lowest BCUT2D eigenvalue weighted by Gasteiger charge is -2.21. The van der Waals surface area contributed by atoms with Gasteiger partial charge >= 0.3 is 0 Å². The van der Waals surface area contributed by atoms with Crippen molar-refractivity contribution in [1.29, 1.82) is 0 Å². The number of aromatic nitrogens is 2. The lowest BCUT2D eigenvalue weighted by molar-refractivity contribution is 0.0734. The predicted molar refractivity (Wildman–Crippen MR) is 73.7 cm³/mol. The number of H-pyrrole nitrogens is 1. The van der Waals surface area contributed by atoms with Crippen LogP contribution in [0, 0.1) is 11.8 Å². The Bertz CT molecular complexity index is 460. The van der Waals surface area contributed by atoms with Crippen LogP contribution in [0.25, 0.3) is 0 Å². The maximum absolute atomic E-state index is 12.6. The SMILES string of the molecule is CCc1[nH]nc(C(=O)N(CC2CC2)CC2CC2)c1N. The summed E-state index contributed by atoms with van der Waals surface area (Å²) < 4.78 is 0. The van der Waals surface area contributed by atoms with Gasteiger partial charge < -0.3 is 10.6 Å². The number of amides is 1. The molecule has 1 aromatic rings. The molecule has 1 aromatic heterocycles. The van der Waals surface area contributed by atoms with Gasteiger partial charge in [0.15, 0.2) is 5.69 Å². The van der Waals surface area contributed by atoms with E-state index in [0.29, 0.717) is 23.2 Å². The van der Waals surface area contributed by atoms with Crippen molar-refractivity contribution in [1.82, 2.24) is 15.1 Å². The van der Waals surface area contributed by atoms with Gasteiger partial charge in [-0.3, -0.25) is 9.89 Å². The van der Waals surface area contributed by atoms with Crippen molar-refractivity contribution in [2.45, 2.75) is 39.0 Å². The second kappa shape index (κ2) is 4.87. The van der Waals surface area contributed by atoms with E-state index >= 15 is 0 Å². The smallest absolute Gasteiger partial charge is 0.276 e. The number of rotatable bonds is 6. The third kappa shape index (κ3) is 2.74. The molecule has 0 saturated heterocycles. The van der Waals surface area contributed by atoms with Crippen molar-refractivity contribution >= 4 is 11.6 Å². The Kier molecular flexibility index (Phi) is 3.21. The van der Waals surface area contributed by atoms with Gasteiger partial charge in [-0.05, 0) is 43.9 Å². The number of nitrogen functional groups attached to an aromatic ring is 1. The maximum atomic E-state index is 12.6. The number of nitrogens with two attached hydrogens (primary N) is 1. The number of nitrogens with zero attached hydrogens (tertiary/aromatic N) is 2. The van der Waals surface area contributed by atoms with Gasteiger partial charge in [0.05, 0.1) is 11.4 Å². The number of aromatic amines is 1. The molecule has 0 bridgehead atoms. The topological polar surface area (TPSA) is 75.0 Å². The normalized spacial score (nSPS) is 18.6. The summed E-state index contributed by atoms with van der Waals surface area (Å²) >= 11 is 0. The van der Waals surface area contributed by atoms with E-state index in [2.05, 4.69) is 10.2 Å². The molecule has 2 saturated carbocycles. The maximum Gasteiger partial charge on any atom is 0.276 e. The standard InChI is InChI=1S/C14H22N4O/c1-2-11-12(15)13(17-16-11)14(19)18(7-9-3-4-9)8-10-5-6-10/h9-10H,2-8,15H2,1H3,(H,16,17). The van der Waals surface area contributed by atoms with E-state index in [4.69, 9.17) is 5.73 Å². The summed E-state index contributed by atoms with van der Waals surface area (Å²) in [5.41, 5.74) is 7.81. The molecule has 0 spiro atoms. The molecule has 2 fully saturated rings. The zero-order valence-corrected chi connectivity index (χ0v) is 11.5.